The average molecular weight is 336 g/mol. The minimum Gasteiger partial charge on any atom is -0.436 e. The van der Waals surface area contributed by atoms with Gasteiger partial charge in [-0.05, 0) is 55.7 Å². The van der Waals surface area contributed by atoms with Crippen LogP contribution in [0.2, 0.25) is 0 Å². The van der Waals surface area contributed by atoms with Crippen LogP contribution in [0.5, 0.6) is 0 Å². The Morgan fingerprint density at radius 2 is 1.96 bits per heavy atom. The molecule has 0 bridgehead atoms. The Hall–Kier alpha value is -2.62. The lowest BCUT2D eigenvalue weighted by Crippen LogP contribution is -2.12. The number of carbonyl (C=O) groups is 1. The second-order valence-corrected chi connectivity index (χ2v) is 6.53. The van der Waals surface area contributed by atoms with Crippen LogP contribution < -0.4 is 5.32 Å². The molecule has 0 saturated heterocycles. The van der Waals surface area contributed by atoms with Crippen molar-refractivity contribution in [1.82, 2.24) is 4.98 Å². The Balaban J connectivity index is 1.83. The number of anilines is 1. The van der Waals surface area contributed by atoms with Crippen molar-refractivity contribution < 1.29 is 9.21 Å². The molecule has 0 fully saturated rings. The highest BCUT2D eigenvalue weighted by Gasteiger charge is 2.11. The van der Waals surface area contributed by atoms with Gasteiger partial charge in [-0.2, -0.15) is 0 Å². The number of hydrogen-bond donors (Lipinski definition) is 1. The Kier molecular flexibility index (Phi) is 5.17. The summed E-state index contributed by atoms with van der Waals surface area (Å²) in [6.07, 6.45) is 3.67. The highest BCUT2D eigenvalue weighted by atomic mass is 16.3. The topological polar surface area (TPSA) is 55.1 Å². The molecule has 4 heteroatoms. The summed E-state index contributed by atoms with van der Waals surface area (Å²) >= 11 is 0. The molecule has 1 aromatic heterocycles. The zero-order valence-corrected chi connectivity index (χ0v) is 15.1. The molecule has 0 spiro atoms. The van der Waals surface area contributed by atoms with Gasteiger partial charge in [0.2, 0.25) is 11.8 Å². The van der Waals surface area contributed by atoms with Crippen LogP contribution in [-0.2, 0) is 4.79 Å². The maximum absolute atomic E-state index is 12.1. The van der Waals surface area contributed by atoms with Gasteiger partial charge in [-0.15, -0.1) is 0 Å². The molecule has 1 N–H and O–H groups in total. The molecule has 3 rings (SSSR count). The smallest absolute Gasteiger partial charge is 0.227 e. The maximum Gasteiger partial charge on any atom is 0.227 e. The number of aromatic nitrogens is 1. The Morgan fingerprint density at radius 1 is 1.12 bits per heavy atom. The molecule has 0 aliphatic heterocycles. The van der Waals surface area contributed by atoms with E-state index in [4.69, 9.17) is 4.42 Å². The van der Waals surface area contributed by atoms with Crippen molar-refractivity contribution in [3.63, 3.8) is 0 Å². The highest BCUT2D eigenvalue weighted by Crippen LogP contribution is 2.28. The number of unbranched alkanes of at least 4 members (excludes halogenated alkanes) is 2. The summed E-state index contributed by atoms with van der Waals surface area (Å²) in [5.74, 6) is 0.629. The van der Waals surface area contributed by atoms with Gasteiger partial charge in [0, 0.05) is 17.7 Å². The number of carbonyl (C=O) groups excluding carboxylic acids is 1. The van der Waals surface area contributed by atoms with E-state index in [-0.39, 0.29) is 5.91 Å². The Bertz CT molecular complexity index is 896. The first kappa shape index (κ1) is 17.2. The second-order valence-electron chi connectivity index (χ2n) is 6.53. The van der Waals surface area contributed by atoms with E-state index < -0.39 is 0 Å². The highest BCUT2D eigenvalue weighted by molar-refractivity contribution is 5.92. The minimum absolute atomic E-state index is 0.0573. The van der Waals surface area contributed by atoms with E-state index in [1.165, 1.54) is 0 Å². The van der Waals surface area contributed by atoms with Gasteiger partial charge in [-0.3, -0.25) is 4.79 Å². The van der Waals surface area contributed by atoms with Gasteiger partial charge in [0.15, 0.2) is 5.58 Å². The van der Waals surface area contributed by atoms with E-state index in [9.17, 15) is 4.79 Å². The van der Waals surface area contributed by atoms with Crippen LogP contribution in [0, 0.1) is 13.8 Å². The summed E-state index contributed by atoms with van der Waals surface area (Å²) in [4.78, 5) is 16.7. The van der Waals surface area contributed by atoms with Crippen LogP contribution in [0.25, 0.3) is 22.6 Å². The van der Waals surface area contributed by atoms with Crippen molar-refractivity contribution in [2.75, 3.05) is 5.32 Å². The third kappa shape index (κ3) is 4.08. The van der Waals surface area contributed by atoms with Gasteiger partial charge >= 0.3 is 0 Å². The third-order valence-corrected chi connectivity index (χ3v) is 4.31. The second kappa shape index (κ2) is 7.51. The van der Waals surface area contributed by atoms with Crippen LogP contribution in [0.3, 0.4) is 0 Å². The minimum atomic E-state index is 0.0573. The predicted molar refractivity (Wildman–Crippen MR) is 102 cm³/mol. The van der Waals surface area contributed by atoms with Crippen molar-refractivity contribution in [1.29, 1.82) is 0 Å². The van der Waals surface area contributed by atoms with E-state index in [2.05, 4.69) is 17.2 Å². The summed E-state index contributed by atoms with van der Waals surface area (Å²) in [5, 5.41) is 3.01. The van der Waals surface area contributed by atoms with E-state index in [0.29, 0.717) is 12.3 Å². The van der Waals surface area contributed by atoms with Crippen LogP contribution in [0.15, 0.2) is 40.8 Å². The van der Waals surface area contributed by atoms with Crippen LogP contribution in [-0.4, -0.2) is 10.9 Å². The van der Waals surface area contributed by atoms with Gasteiger partial charge in [-0.1, -0.05) is 31.9 Å². The number of fused-ring (bicyclic) bond motifs is 1. The third-order valence-electron chi connectivity index (χ3n) is 4.31. The first-order chi connectivity index (χ1) is 12.1. The van der Waals surface area contributed by atoms with Crippen LogP contribution in [0.4, 0.5) is 5.69 Å². The number of oxazole rings is 1. The number of nitrogens with zero attached hydrogens (tertiary/aromatic N) is 1. The molecule has 2 aromatic carbocycles. The number of aryl methyl sites for hydroxylation is 2. The van der Waals surface area contributed by atoms with Crippen molar-refractivity contribution in [3.8, 4) is 11.5 Å². The molecule has 1 heterocycles. The normalized spacial score (nSPS) is 11.0. The number of amides is 1. The molecule has 130 valence electrons. The van der Waals surface area contributed by atoms with Crippen LogP contribution >= 0.6 is 0 Å². The standard InChI is InChI=1S/C21H24N2O2/c1-4-5-6-7-20(24)22-18-13-16(10-9-15(18)3)21-23-17-11-8-14(2)12-19(17)25-21/h8-13H,4-7H2,1-3H3,(H,22,24). The largest absolute Gasteiger partial charge is 0.436 e. The lowest BCUT2D eigenvalue weighted by Gasteiger charge is -2.09. The van der Waals surface area contributed by atoms with Crippen LogP contribution in [0.1, 0.15) is 43.7 Å². The van der Waals surface area contributed by atoms with Crippen molar-refractivity contribution in [3.05, 3.63) is 47.5 Å². The fraction of sp³-hybridized carbons (Fsp3) is 0.333. The fourth-order valence-corrected chi connectivity index (χ4v) is 2.79. The van der Waals surface area contributed by atoms with Gasteiger partial charge in [0.05, 0.1) is 0 Å². The molecule has 1 amide bonds. The van der Waals surface area contributed by atoms with Gasteiger partial charge in [0.25, 0.3) is 0 Å². The van der Waals surface area contributed by atoms with Gasteiger partial charge in [-0.25, -0.2) is 4.98 Å². The Labute approximate surface area is 148 Å². The van der Waals surface area contributed by atoms with E-state index in [0.717, 1.165) is 52.7 Å². The first-order valence-electron chi connectivity index (χ1n) is 8.85. The van der Waals surface area contributed by atoms with Crippen molar-refractivity contribution >= 4 is 22.7 Å². The molecule has 0 aliphatic carbocycles. The summed E-state index contributed by atoms with van der Waals surface area (Å²) < 4.78 is 5.89. The molecule has 0 unspecified atom stereocenters. The van der Waals surface area contributed by atoms with Gasteiger partial charge < -0.3 is 9.73 Å². The van der Waals surface area contributed by atoms with Crippen molar-refractivity contribution in [2.24, 2.45) is 0 Å². The zero-order valence-electron chi connectivity index (χ0n) is 15.1. The van der Waals surface area contributed by atoms with Gasteiger partial charge in [0.1, 0.15) is 5.52 Å². The molecule has 0 aliphatic rings. The summed E-state index contributed by atoms with van der Waals surface area (Å²) in [6.45, 7) is 6.15. The first-order valence-corrected chi connectivity index (χ1v) is 8.85. The summed E-state index contributed by atoms with van der Waals surface area (Å²) in [7, 11) is 0. The zero-order chi connectivity index (χ0) is 17.8. The SMILES string of the molecule is CCCCCC(=O)Nc1cc(-c2nc3ccc(C)cc3o2)ccc1C. The molecule has 25 heavy (non-hydrogen) atoms. The average Bonchev–Trinajstić information content (AvgIpc) is 3.00. The van der Waals surface area contributed by atoms with E-state index >= 15 is 0 Å². The number of nitrogens with one attached hydrogen (secondary N) is 1. The quantitative estimate of drug-likeness (QED) is 0.593. The molecule has 0 atom stereocenters. The predicted octanol–water partition coefficient (Wildman–Crippen LogP) is 5.63. The molecule has 0 radical (unpaired) electrons. The Morgan fingerprint density at radius 3 is 2.76 bits per heavy atom. The van der Waals surface area contributed by atoms with E-state index in [1.54, 1.807) is 0 Å². The lowest BCUT2D eigenvalue weighted by atomic mass is 10.1. The number of rotatable bonds is 6. The number of hydrogen-bond acceptors (Lipinski definition) is 3. The number of benzene rings is 2. The molecular weight excluding hydrogens is 312 g/mol. The summed E-state index contributed by atoms with van der Waals surface area (Å²) in [5.41, 5.74) is 5.46. The summed E-state index contributed by atoms with van der Waals surface area (Å²) in [6, 6.07) is 11.9. The molecule has 4 nitrogen and oxygen atoms in total. The lowest BCUT2D eigenvalue weighted by molar-refractivity contribution is -0.116. The van der Waals surface area contributed by atoms with Crippen molar-refractivity contribution in [2.45, 2.75) is 46.5 Å². The monoisotopic (exact) mass is 336 g/mol. The molecule has 3 aromatic rings. The molecular formula is C21H24N2O2. The van der Waals surface area contributed by atoms with E-state index in [1.807, 2.05) is 50.2 Å². The maximum atomic E-state index is 12.1. The fourth-order valence-electron chi connectivity index (χ4n) is 2.79. The molecule has 0 saturated carbocycles.